The van der Waals surface area contributed by atoms with E-state index in [9.17, 15) is 4.79 Å². The van der Waals surface area contributed by atoms with Crippen molar-refractivity contribution >= 4 is 18.3 Å². The van der Waals surface area contributed by atoms with Crippen LogP contribution in [0.5, 0.6) is 0 Å². The fourth-order valence-corrected chi connectivity index (χ4v) is 0.799. The van der Waals surface area contributed by atoms with Crippen LogP contribution in [0, 0.1) is 0 Å². The summed E-state index contributed by atoms with van der Waals surface area (Å²) in [5, 5.41) is 0. The maximum atomic E-state index is 10.0. The van der Waals surface area contributed by atoms with Gasteiger partial charge in [-0.15, -0.1) is 0 Å². The monoisotopic (exact) mass is 177 g/mol. The van der Waals surface area contributed by atoms with Gasteiger partial charge in [0.05, 0.1) is 0 Å². The van der Waals surface area contributed by atoms with Crippen molar-refractivity contribution in [1.29, 1.82) is 0 Å². The molecule has 0 amide bonds. The first-order valence-corrected chi connectivity index (χ1v) is 3.85. The van der Waals surface area contributed by atoms with Gasteiger partial charge in [0.25, 0.3) is 0 Å². The molecule has 0 atom stereocenters. The number of anilines is 1. The van der Waals surface area contributed by atoms with Gasteiger partial charge in [0.2, 0.25) is 5.95 Å². The topological polar surface area (TPSA) is 46.1 Å². The third kappa shape index (κ3) is 2.66. The lowest BCUT2D eigenvalue weighted by atomic mass is 10.3. The highest BCUT2D eigenvalue weighted by atomic mass is 16.1. The minimum absolute atomic E-state index is 0.656. The van der Waals surface area contributed by atoms with Gasteiger partial charge in [0.1, 0.15) is 6.29 Å². The van der Waals surface area contributed by atoms with E-state index in [1.807, 2.05) is 19.0 Å². The van der Waals surface area contributed by atoms with Crippen molar-refractivity contribution in [3.8, 4) is 0 Å². The van der Waals surface area contributed by atoms with Gasteiger partial charge in [-0.3, -0.25) is 4.79 Å². The van der Waals surface area contributed by atoms with E-state index in [4.69, 9.17) is 0 Å². The summed E-state index contributed by atoms with van der Waals surface area (Å²) in [7, 11) is 3.74. The summed E-state index contributed by atoms with van der Waals surface area (Å²) in [6.07, 6.45) is 7.13. The molecule has 4 heteroatoms. The quantitative estimate of drug-likeness (QED) is 0.505. The fraction of sp³-hybridized carbons (Fsp3) is 0.222. The molecule has 0 saturated carbocycles. The number of aldehydes is 1. The van der Waals surface area contributed by atoms with Crippen LogP contribution in [0.25, 0.3) is 6.08 Å². The molecule has 0 saturated heterocycles. The van der Waals surface area contributed by atoms with Gasteiger partial charge in [0, 0.05) is 32.1 Å². The van der Waals surface area contributed by atoms with Crippen LogP contribution in [0.4, 0.5) is 5.95 Å². The van der Waals surface area contributed by atoms with Crippen molar-refractivity contribution < 1.29 is 4.79 Å². The van der Waals surface area contributed by atoms with E-state index in [2.05, 4.69) is 9.97 Å². The zero-order valence-corrected chi connectivity index (χ0v) is 7.64. The Bertz CT molecular complexity index is 303. The van der Waals surface area contributed by atoms with Crippen molar-refractivity contribution in [2.75, 3.05) is 19.0 Å². The first kappa shape index (κ1) is 9.38. The molecule has 1 rings (SSSR count). The Morgan fingerprint density at radius 2 is 1.92 bits per heavy atom. The summed E-state index contributed by atoms with van der Waals surface area (Å²) in [5.74, 6) is 0.656. The number of carbonyl (C=O) groups excluding carboxylic acids is 1. The summed E-state index contributed by atoms with van der Waals surface area (Å²) < 4.78 is 0. The summed E-state index contributed by atoms with van der Waals surface area (Å²) in [6, 6.07) is 0. The Kier molecular flexibility index (Phi) is 3.14. The van der Waals surface area contributed by atoms with Crippen LogP contribution in [0.2, 0.25) is 0 Å². The van der Waals surface area contributed by atoms with Gasteiger partial charge in [0.15, 0.2) is 0 Å². The molecule has 1 aromatic heterocycles. The molecule has 68 valence electrons. The second kappa shape index (κ2) is 4.35. The minimum atomic E-state index is 0.656. The molecule has 1 aromatic rings. The van der Waals surface area contributed by atoms with Crippen LogP contribution >= 0.6 is 0 Å². The molecule has 0 unspecified atom stereocenters. The minimum Gasteiger partial charge on any atom is -0.347 e. The first-order valence-electron chi connectivity index (χ1n) is 3.85. The zero-order chi connectivity index (χ0) is 9.68. The Hall–Kier alpha value is -1.71. The van der Waals surface area contributed by atoms with Crippen LogP contribution < -0.4 is 4.90 Å². The zero-order valence-electron chi connectivity index (χ0n) is 7.64. The third-order valence-electron chi connectivity index (χ3n) is 1.43. The van der Waals surface area contributed by atoms with E-state index in [1.165, 1.54) is 6.08 Å². The van der Waals surface area contributed by atoms with Crippen LogP contribution in [-0.4, -0.2) is 30.3 Å². The molecule has 0 aromatic carbocycles. The molecule has 0 radical (unpaired) electrons. The van der Waals surface area contributed by atoms with Gasteiger partial charge >= 0.3 is 0 Å². The first-order chi connectivity index (χ1) is 6.24. The van der Waals surface area contributed by atoms with Crippen molar-refractivity contribution in [3.63, 3.8) is 0 Å². The molecule has 0 N–H and O–H groups in total. The molecule has 0 aliphatic carbocycles. The van der Waals surface area contributed by atoms with Crippen LogP contribution in [0.15, 0.2) is 18.5 Å². The maximum Gasteiger partial charge on any atom is 0.224 e. The number of carbonyl (C=O) groups is 1. The lowest BCUT2D eigenvalue weighted by Crippen LogP contribution is -2.12. The van der Waals surface area contributed by atoms with E-state index in [1.54, 1.807) is 18.5 Å². The molecule has 0 spiro atoms. The highest BCUT2D eigenvalue weighted by molar-refractivity contribution is 5.73. The summed E-state index contributed by atoms with van der Waals surface area (Å²) in [4.78, 5) is 20.0. The molecule has 0 bridgehead atoms. The molecule has 0 fully saturated rings. The molecular formula is C9H11N3O. The molecule has 1 heterocycles. The maximum absolute atomic E-state index is 10.0. The highest BCUT2D eigenvalue weighted by Crippen LogP contribution is 2.03. The molecule has 0 aliphatic heterocycles. The van der Waals surface area contributed by atoms with Crippen molar-refractivity contribution in [1.82, 2.24) is 9.97 Å². The third-order valence-corrected chi connectivity index (χ3v) is 1.43. The van der Waals surface area contributed by atoms with Crippen LogP contribution in [-0.2, 0) is 4.79 Å². The number of rotatable bonds is 3. The smallest absolute Gasteiger partial charge is 0.224 e. The number of hydrogen-bond acceptors (Lipinski definition) is 4. The Morgan fingerprint density at radius 1 is 1.31 bits per heavy atom. The fourth-order valence-electron chi connectivity index (χ4n) is 0.799. The van der Waals surface area contributed by atoms with Crippen molar-refractivity contribution in [2.45, 2.75) is 0 Å². The van der Waals surface area contributed by atoms with Gasteiger partial charge in [-0.05, 0) is 12.2 Å². The summed E-state index contributed by atoms with van der Waals surface area (Å²) in [6.45, 7) is 0. The standard InChI is InChI=1S/C9H11N3O/c1-12(2)9-10-6-8(7-11-9)4-3-5-13/h3-7H,1-2H3/b4-3+. The molecular weight excluding hydrogens is 166 g/mol. The number of aromatic nitrogens is 2. The predicted molar refractivity (Wildman–Crippen MR) is 51.5 cm³/mol. The molecule has 4 nitrogen and oxygen atoms in total. The van der Waals surface area contributed by atoms with E-state index in [0.717, 1.165) is 11.8 Å². The Labute approximate surface area is 76.9 Å². The second-order valence-corrected chi connectivity index (χ2v) is 2.71. The van der Waals surface area contributed by atoms with E-state index in [-0.39, 0.29) is 0 Å². The molecule has 13 heavy (non-hydrogen) atoms. The van der Waals surface area contributed by atoms with Gasteiger partial charge in [-0.1, -0.05) is 0 Å². The van der Waals surface area contributed by atoms with Crippen LogP contribution in [0.3, 0.4) is 0 Å². The average Bonchev–Trinajstić information content (AvgIpc) is 2.15. The second-order valence-electron chi connectivity index (χ2n) is 2.71. The SMILES string of the molecule is CN(C)c1ncc(/C=C/C=O)cn1. The lowest BCUT2D eigenvalue weighted by molar-refractivity contribution is -0.104. The van der Waals surface area contributed by atoms with Gasteiger partial charge in [-0.2, -0.15) is 0 Å². The van der Waals surface area contributed by atoms with E-state index in [0.29, 0.717) is 5.95 Å². The predicted octanol–water partition coefficient (Wildman–Crippen LogP) is 0.755. The van der Waals surface area contributed by atoms with Crippen LogP contribution in [0.1, 0.15) is 5.56 Å². The normalized spacial score (nSPS) is 10.3. The Morgan fingerprint density at radius 3 is 2.38 bits per heavy atom. The highest BCUT2D eigenvalue weighted by Gasteiger charge is 1.96. The van der Waals surface area contributed by atoms with Gasteiger partial charge < -0.3 is 4.90 Å². The van der Waals surface area contributed by atoms with E-state index >= 15 is 0 Å². The number of hydrogen-bond donors (Lipinski definition) is 0. The lowest BCUT2D eigenvalue weighted by Gasteiger charge is -2.08. The number of allylic oxidation sites excluding steroid dienone is 1. The largest absolute Gasteiger partial charge is 0.347 e. The van der Waals surface area contributed by atoms with E-state index < -0.39 is 0 Å². The Balaban J connectivity index is 2.81. The number of nitrogens with zero attached hydrogens (tertiary/aromatic N) is 3. The van der Waals surface area contributed by atoms with Crippen molar-refractivity contribution in [2.24, 2.45) is 0 Å². The summed E-state index contributed by atoms with van der Waals surface area (Å²) >= 11 is 0. The van der Waals surface area contributed by atoms with Crippen molar-refractivity contribution in [3.05, 3.63) is 24.0 Å². The average molecular weight is 177 g/mol. The molecule has 0 aliphatic rings. The van der Waals surface area contributed by atoms with Gasteiger partial charge in [-0.25, -0.2) is 9.97 Å². The summed E-state index contributed by atoms with van der Waals surface area (Å²) in [5.41, 5.74) is 0.817.